The van der Waals surface area contributed by atoms with Gasteiger partial charge in [0.1, 0.15) is 0 Å². The molecule has 0 nitrogen and oxygen atoms in total. The second kappa shape index (κ2) is 10.6. The van der Waals surface area contributed by atoms with Gasteiger partial charge in [0, 0.05) is 0 Å². The first-order valence-electron chi connectivity index (χ1n) is 13.7. The molecule has 0 aliphatic heterocycles. The second-order valence-corrected chi connectivity index (χ2v) is 10.2. The van der Waals surface area contributed by atoms with E-state index in [9.17, 15) is 0 Å². The highest BCUT2D eigenvalue weighted by atomic mass is 14.2. The molecule has 0 aliphatic carbocycles. The highest BCUT2D eigenvalue weighted by Gasteiger charge is 2.17. The van der Waals surface area contributed by atoms with Crippen molar-refractivity contribution in [2.75, 3.05) is 0 Å². The van der Waals surface area contributed by atoms with Crippen molar-refractivity contribution < 1.29 is 0 Å². The highest BCUT2D eigenvalue weighted by molar-refractivity contribution is 6.19. The van der Waals surface area contributed by atoms with Gasteiger partial charge in [-0.2, -0.15) is 0 Å². The summed E-state index contributed by atoms with van der Waals surface area (Å²) in [5.74, 6) is 0. The second-order valence-electron chi connectivity index (χ2n) is 10.2. The Morgan fingerprint density at radius 3 is 1.77 bits per heavy atom. The molecule has 0 bridgehead atoms. The van der Waals surface area contributed by atoms with E-state index in [4.69, 9.17) is 0 Å². The Labute approximate surface area is 231 Å². The lowest BCUT2D eigenvalue weighted by molar-refractivity contribution is 1.10. The van der Waals surface area contributed by atoms with Gasteiger partial charge in [-0.25, -0.2) is 0 Å². The molecule has 0 amide bonds. The number of hydrogen-bond acceptors (Lipinski definition) is 0. The van der Waals surface area contributed by atoms with Crippen LogP contribution in [0.5, 0.6) is 0 Å². The molecule has 0 aromatic heterocycles. The molecule has 6 aromatic rings. The van der Waals surface area contributed by atoms with Crippen LogP contribution in [0.25, 0.3) is 60.1 Å². The molecule has 0 radical (unpaired) electrons. The minimum Gasteiger partial charge on any atom is -0.0990 e. The normalized spacial score (nSPS) is 12.4. The van der Waals surface area contributed by atoms with E-state index in [-0.39, 0.29) is 0 Å². The van der Waals surface area contributed by atoms with Gasteiger partial charge >= 0.3 is 0 Å². The van der Waals surface area contributed by atoms with E-state index in [1.54, 1.807) is 0 Å². The Morgan fingerprint density at radius 1 is 0.615 bits per heavy atom. The van der Waals surface area contributed by atoms with Crippen LogP contribution in [-0.2, 0) is 0 Å². The van der Waals surface area contributed by atoms with Crippen LogP contribution in [0.1, 0.15) is 25.8 Å². The zero-order valence-corrected chi connectivity index (χ0v) is 22.6. The van der Waals surface area contributed by atoms with Crippen LogP contribution < -0.4 is 0 Å². The number of rotatable bonds is 6. The Kier molecular flexibility index (Phi) is 6.69. The lowest BCUT2D eigenvalue weighted by Gasteiger charge is -2.18. The van der Waals surface area contributed by atoms with E-state index < -0.39 is 0 Å². The van der Waals surface area contributed by atoms with Crippen molar-refractivity contribution >= 4 is 37.9 Å². The van der Waals surface area contributed by atoms with Crippen molar-refractivity contribution in [1.82, 2.24) is 0 Å². The topological polar surface area (TPSA) is 0 Å². The van der Waals surface area contributed by atoms with E-state index in [1.807, 2.05) is 6.08 Å². The molecule has 0 N–H and O–H groups in total. The Hall–Kier alpha value is -4.68. The van der Waals surface area contributed by atoms with Gasteiger partial charge in [-0.3, -0.25) is 0 Å². The first kappa shape index (κ1) is 24.6. The van der Waals surface area contributed by atoms with Crippen LogP contribution in [0.15, 0.2) is 146 Å². The van der Waals surface area contributed by atoms with Crippen molar-refractivity contribution in [1.29, 1.82) is 0 Å². The first-order valence-corrected chi connectivity index (χ1v) is 13.7. The number of fused-ring (bicyclic) bond motifs is 3. The summed E-state index contributed by atoms with van der Waals surface area (Å²) in [7, 11) is 0. The van der Waals surface area contributed by atoms with E-state index >= 15 is 0 Å². The summed E-state index contributed by atoms with van der Waals surface area (Å²) in [6, 6.07) is 42.0. The monoisotopic (exact) mass is 500 g/mol. The summed E-state index contributed by atoms with van der Waals surface area (Å²) in [5, 5.41) is 7.59. The molecule has 0 heteroatoms. The highest BCUT2D eigenvalue weighted by Crippen LogP contribution is 2.42. The minimum absolute atomic E-state index is 1.02. The summed E-state index contributed by atoms with van der Waals surface area (Å²) in [5.41, 5.74) is 8.80. The molecule has 6 aromatic carbocycles. The molecule has 0 spiro atoms. The Balaban J connectivity index is 1.56. The van der Waals surface area contributed by atoms with E-state index in [1.165, 1.54) is 71.3 Å². The molecule has 0 atom stereocenters. The predicted octanol–water partition coefficient (Wildman–Crippen LogP) is 11.4. The average molecular weight is 501 g/mol. The largest absolute Gasteiger partial charge is 0.0990 e. The van der Waals surface area contributed by atoms with Gasteiger partial charge in [0.05, 0.1) is 0 Å². The van der Waals surface area contributed by atoms with Crippen molar-refractivity contribution in [3.8, 4) is 22.3 Å². The molecular weight excluding hydrogens is 468 g/mol. The van der Waals surface area contributed by atoms with Gasteiger partial charge in [-0.05, 0) is 85.1 Å². The molecule has 0 heterocycles. The standard InChI is InChI=1S/C39H32/c1-4-12-33(25-27(3)5-2)39-36-17-10-8-15-34(36)38(35-16-9-11-18-37(35)39)30-22-19-29(20-23-30)32-24-21-28-13-6-7-14-31(28)26-32/h4,6-26H,1,5H2,2-3H3/b27-25+,33-12+. The van der Waals surface area contributed by atoms with Gasteiger partial charge in [-0.1, -0.05) is 146 Å². The third kappa shape index (κ3) is 4.60. The maximum atomic E-state index is 4.03. The van der Waals surface area contributed by atoms with E-state index in [2.05, 4.69) is 148 Å². The van der Waals surface area contributed by atoms with Crippen LogP contribution in [0, 0.1) is 0 Å². The quantitative estimate of drug-likeness (QED) is 0.158. The van der Waals surface area contributed by atoms with Crippen LogP contribution in [0.3, 0.4) is 0 Å². The summed E-state index contributed by atoms with van der Waals surface area (Å²) in [6.07, 6.45) is 7.38. The Morgan fingerprint density at radius 2 is 1.15 bits per heavy atom. The molecule has 39 heavy (non-hydrogen) atoms. The molecule has 0 saturated heterocycles. The number of hydrogen-bond donors (Lipinski definition) is 0. The van der Waals surface area contributed by atoms with Gasteiger partial charge in [-0.15, -0.1) is 0 Å². The first-order chi connectivity index (χ1) is 19.2. The molecule has 0 saturated carbocycles. The number of allylic oxidation sites excluding steroid dienone is 5. The van der Waals surface area contributed by atoms with Crippen LogP contribution >= 0.6 is 0 Å². The lowest BCUT2D eigenvalue weighted by atomic mass is 9.85. The minimum atomic E-state index is 1.02. The van der Waals surface area contributed by atoms with Gasteiger partial charge in [0.2, 0.25) is 0 Å². The average Bonchev–Trinajstić information content (AvgIpc) is 2.99. The zero-order chi connectivity index (χ0) is 26.8. The number of benzene rings is 6. The van der Waals surface area contributed by atoms with Gasteiger partial charge in [0.15, 0.2) is 0 Å². The zero-order valence-electron chi connectivity index (χ0n) is 22.6. The smallest absolute Gasteiger partial charge is 0.00264 e. The molecule has 6 rings (SSSR count). The van der Waals surface area contributed by atoms with E-state index in [0.717, 1.165) is 6.42 Å². The van der Waals surface area contributed by atoms with Crippen molar-refractivity contribution in [2.24, 2.45) is 0 Å². The molecular formula is C39H32. The maximum Gasteiger partial charge on any atom is -0.00264 e. The SMILES string of the molecule is C=C/C=C(\C=C(/C)CC)c1c2ccccc2c(-c2ccc(-c3ccc4ccccc4c3)cc2)c2ccccc12. The van der Waals surface area contributed by atoms with Crippen molar-refractivity contribution in [3.05, 3.63) is 151 Å². The fourth-order valence-electron chi connectivity index (χ4n) is 5.65. The van der Waals surface area contributed by atoms with Crippen molar-refractivity contribution in [3.63, 3.8) is 0 Å². The van der Waals surface area contributed by atoms with Crippen LogP contribution in [0.2, 0.25) is 0 Å². The fraction of sp³-hybridized carbons (Fsp3) is 0.0769. The molecule has 0 unspecified atom stereocenters. The fourth-order valence-corrected chi connectivity index (χ4v) is 5.65. The van der Waals surface area contributed by atoms with Crippen molar-refractivity contribution in [2.45, 2.75) is 20.3 Å². The Bertz CT molecular complexity index is 1840. The summed E-state index contributed by atoms with van der Waals surface area (Å²) in [6.45, 7) is 8.44. The third-order valence-electron chi connectivity index (χ3n) is 7.73. The summed E-state index contributed by atoms with van der Waals surface area (Å²) >= 11 is 0. The van der Waals surface area contributed by atoms with Gasteiger partial charge in [0.25, 0.3) is 0 Å². The third-order valence-corrected chi connectivity index (χ3v) is 7.73. The molecule has 0 fully saturated rings. The molecule has 188 valence electrons. The van der Waals surface area contributed by atoms with Crippen LogP contribution in [-0.4, -0.2) is 0 Å². The van der Waals surface area contributed by atoms with Gasteiger partial charge < -0.3 is 0 Å². The summed E-state index contributed by atoms with van der Waals surface area (Å²) in [4.78, 5) is 0. The molecule has 0 aliphatic rings. The van der Waals surface area contributed by atoms with Crippen LogP contribution in [0.4, 0.5) is 0 Å². The van der Waals surface area contributed by atoms with E-state index in [0.29, 0.717) is 0 Å². The maximum absolute atomic E-state index is 4.03. The lowest BCUT2D eigenvalue weighted by Crippen LogP contribution is -1.93. The summed E-state index contributed by atoms with van der Waals surface area (Å²) < 4.78 is 0. The predicted molar refractivity (Wildman–Crippen MR) is 172 cm³/mol.